The van der Waals surface area contributed by atoms with E-state index in [4.69, 9.17) is 21.1 Å². The van der Waals surface area contributed by atoms with Crippen LogP contribution in [-0.2, 0) is 19.6 Å². The third kappa shape index (κ3) is 5.93. The number of nitrogens with zero attached hydrogens (tertiary/aromatic N) is 2. The van der Waals surface area contributed by atoms with Crippen LogP contribution >= 0.6 is 11.6 Å². The van der Waals surface area contributed by atoms with E-state index in [9.17, 15) is 23.4 Å². The number of hydrogen-bond acceptors (Lipinski definition) is 8. The lowest BCUT2D eigenvalue weighted by atomic mass is 10.0. The third-order valence-corrected chi connectivity index (χ3v) is 8.19. The molecule has 10 nitrogen and oxygen atoms in total. The van der Waals surface area contributed by atoms with Crippen molar-refractivity contribution >= 4 is 33.2 Å². The van der Waals surface area contributed by atoms with Crippen LogP contribution in [0.15, 0.2) is 53.4 Å². The number of carbonyl (C=O) groups excluding carboxylic acids is 1. The van der Waals surface area contributed by atoms with Gasteiger partial charge < -0.3 is 29.5 Å². The highest BCUT2D eigenvalue weighted by Crippen LogP contribution is 2.29. The number of aliphatic hydroxyl groups excluding tert-OH is 2. The fourth-order valence-electron chi connectivity index (χ4n) is 4.44. The zero-order valence-electron chi connectivity index (χ0n) is 19.8. The average Bonchev–Trinajstić information content (AvgIpc) is 3.15. The molecular weight excluding hydrogens is 510 g/mol. The van der Waals surface area contributed by atoms with Crippen LogP contribution in [0.5, 0.6) is 5.75 Å². The fourth-order valence-corrected chi connectivity index (χ4v) is 5.61. The van der Waals surface area contributed by atoms with Gasteiger partial charge in [0.15, 0.2) is 0 Å². The molecule has 0 aliphatic carbocycles. The van der Waals surface area contributed by atoms with Crippen LogP contribution in [0.4, 0.5) is 5.69 Å². The number of methoxy groups -OCH3 is 1. The second-order valence-electron chi connectivity index (χ2n) is 8.74. The van der Waals surface area contributed by atoms with Gasteiger partial charge in [-0.15, -0.1) is 0 Å². The number of aliphatic hydroxyl groups is 2. The van der Waals surface area contributed by atoms with Gasteiger partial charge in [-0.1, -0.05) is 23.7 Å². The number of piperazine rings is 1. The predicted molar refractivity (Wildman–Crippen MR) is 134 cm³/mol. The molecule has 0 spiro atoms. The summed E-state index contributed by atoms with van der Waals surface area (Å²) in [7, 11) is -2.25. The van der Waals surface area contributed by atoms with Crippen LogP contribution in [-0.4, -0.2) is 93.7 Å². The van der Waals surface area contributed by atoms with Crippen LogP contribution < -0.4 is 14.4 Å². The molecule has 2 aromatic carbocycles. The molecule has 36 heavy (non-hydrogen) atoms. The van der Waals surface area contributed by atoms with E-state index in [0.29, 0.717) is 31.2 Å². The highest BCUT2D eigenvalue weighted by atomic mass is 35.5. The zero-order chi connectivity index (χ0) is 25.9. The van der Waals surface area contributed by atoms with E-state index in [-0.39, 0.29) is 23.8 Å². The van der Waals surface area contributed by atoms with Crippen molar-refractivity contribution in [2.24, 2.45) is 0 Å². The summed E-state index contributed by atoms with van der Waals surface area (Å²) in [5.41, 5.74) is 0.966. The highest BCUT2D eigenvalue weighted by Gasteiger charge is 2.44. The van der Waals surface area contributed by atoms with Crippen molar-refractivity contribution in [3.63, 3.8) is 0 Å². The van der Waals surface area contributed by atoms with E-state index in [1.165, 1.54) is 24.3 Å². The minimum absolute atomic E-state index is 0.0129. The number of sulfonamides is 1. The van der Waals surface area contributed by atoms with Crippen molar-refractivity contribution in [3.8, 4) is 5.75 Å². The Bertz CT molecular complexity index is 1160. The first-order chi connectivity index (χ1) is 17.2. The summed E-state index contributed by atoms with van der Waals surface area (Å²) in [5, 5.41) is 21.2. The fraction of sp³-hybridized carbons (Fsp3) is 0.458. The monoisotopic (exact) mass is 539 g/mol. The molecule has 0 radical (unpaired) electrons. The highest BCUT2D eigenvalue weighted by molar-refractivity contribution is 7.89. The average molecular weight is 540 g/mol. The van der Waals surface area contributed by atoms with Crippen molar-refractivity contribution in [1.82, 2.24) is 9.62 Å². The largest absolute Gasteiger partial charge is 0.495 e. The summed E-state index contributed by atoms with van der Waals surface area (Å²) in [4.78, 5) is 16.8. The molecule has 2 fully saturated rings. The van der Waals surface area contributed by atoms with E-state index >= 15 is 0 Å². The minimum atomic E-state index is -3.87. The van der Waals surface area contributed by atoms with E-state index in [2.05, 4.69) is 9.62 Å². The third-order valence-electron chi connectivity index (χ3n) is 6.49. The number of rotatable bonds is 8. The second-order valence-corrected chi connectivity index (χ2v) is 10.9. The Labute approximate surface area is 215 Å². The molecule has 12 heteroatoms. The summed E-state index contributed by atoms with van der Waals surface area (Å²) < 4.78 is 38.5. The van der Waals surface area contributed by atoms with Gasteiger partial charge in [0.2, 0.25) is 15.9 Å². The Hall–Kier alpha value is -2.41. The standard InChI is InChI=1S/C24H30ClN3O7S/c1-34-19-5-3-2-4-18(19)27-10-12-28(13-11-27)22(29)14-20-23(30)24(31)21(35-20)15-26-36(32,33)17-8-6-16(25)7-9-17/h2-9,20-21,23-24,26,30-31H,10-15H2,1H3. The summed E-state index contributed by atoms with van der Waals surface area (Å²) in [6.07, 6.45) is -4.70. The number of halogens is 1. The van der Waals surface area contributed by atoms with Gasteiger partial charge in [0.1, 0.15) is 24.1 Å². The molecule has 0 bridgehead atoms. The van der Waals surface area contributed by atoms with Crippen LogP contribution in [0.3, 0.4) is 0 Å². The molecule has 2 aliphatic rings. The number of benzene rings is 2. The molecule has 1 amide bonds. The number of anilines is 1. The summed E-state index contributed by atoms with van der Waals surface area (Å²) >= 11 is 5.80. The summed E-state index contributed by atoms with van der Waals surface area (Å²) in [6.45, 7) is 1.97. The number of nitrogens with one attached hydrogen (secondary N) is 1. The molecule has 4 rings (SSSR count). The van der Waals surface area contributed by atoms with Crippen molar-refractivity contribution in [2.75, 3.05) is 44.7 Å². The lowest BCUT2D eigenvalue weighted by molar-refractivity contribution is -0.135. The molecule has 2 aliphatic heterocycles. The van der Waals surface area contributed by atoms with Crippen LogP contribution in [0.2, 0.25) is 5.02 Å². The molecule has 0 aromatic heterocycles. The number of hydrogen-bond donors (Lipinski definition) is 3. The maximum absolute atomic E-state index is 12.9. The van der Waals surface area contributed by atoms with Gasteiger partial charge in [-0.2, -0.15) is 0 Å². The van der Waals surface area contributed by atoms with E-state index in [0.717, 1.165) is 11.4 Å². The van der Waals surface area contributed by atoms with Crippen LogP contribution in [0, 0.1) is 0 Å². The van der Waals surface area contributed by atoms with Gasteiger partial charge in [-0.25, -0.2) is 13.1 Å². The number of amides is 1. The number of carbonyl (C=O) groups is 1. The quantitative estimate of drug-likeness (QED) is 0.450. The van der Waals surface area contributed by atoms with E-state index in [1.54, 1.807) is 12.0 Å². The lowest BCUT2D eigenvalue weighted by Crippen LogP contribution is -2.50. The van der Waals surface area contributed by atoms with Gasteiger partial charge in [0.25, 0.3) is 0 Å². The van der Waals surface area contributed by atoms with E-state index < -0.39 is 34.4 Å². The van der Waals surface area contributed by atoms with Gasteiger partial charge in [0.05, 0.1) is 30.2 Å². The Kier molecular flexibility index (Phi) is 8.38. The van der Waals surface area contributed by atoms with Crippen molar-refractivity contribution < 1.29 is 32.9 Å². The molecule has 2 heterocycles. The first-order valence-electron chi connectivity index (χ1n) is 11.6. The maximum atomic E-state index is 12.9. The maximum Gasteiger partial charge on any atom is 0.240 e. The Morgan fingerprint density at radius 2 is 1.69 bits per heavy atom. The molecule has 2 aromatic rings. The Morgan fingerprint density at radius 3 is 2.36 bits per heavy atom. The summed E-state index contributed by atoms with van der Waals surface area (Å²) in [6, 6.07) is 13.3. The van der Waals surface area contributed by atoms with Crippen LogP contribution in [0.25, 0.3) is 0 Å². The lowest BCUT2D eigenvalue weighted by Gasteiger charge is -2.37. The van der Waals surface area contributed by atoms with Crippen molar-refractivity contribution in [3.05, 3.63) is 53.6 Å². The first-order valence-corrected chi connectivity index (χ1v) is 13.5. The van der Waals surface area contributed by atoms with Gasteiger partial charge >= 0.3 is 0 Å². The number of para-hydroxylation sites is 2. The Morgan fingerprint density at radius 1 is 1.06 bits per heavy atom. The molecular formula is C24H30ClN3O7S. The van der Waals surface area contributed by atoms with E-state index in [1.807, 2.05) is 24.3 Å². The van der Waals surface area contributed by atoms with Crippen molar-refractivity contribution in [2.45, 2.75) is 35.7 Å². The molecule has 3 N–H and O–H groups in total. The number of ether oxygens (including phenoxy) is 2. The molecule has 2 saturated heterocycles. The minimum Gasteiger partial charge on any atom is -0.495 e. The second kappa shape index (κ2) is 11.3. The first kappa shape index (κ1) is 26.6. The van der Waals surface area contributed by atoms with Crippen molar-refractivity contribution in [1.29, 1.82) is 0 Å². The zero-order valence-corrected chi connectivity index (χ0v) is 21.4. The predicted octanol–water partition coefficient (Wildman–Crippen LogP) is 0.855. The smallest absolute Gasteiger partial charge is 0.240 e. The molecule has 0 saturated carbocycles. The molecule has 196 valence electrons. The van der Waals surface area contributed by atoms with Gasteiger partial charge in [0, 0.05) is 37.7 Å². The van der Waals surface area contributed by atoms with Gasteiger partial charge in [-0.3, -0.25) is 4.79 Å². The topological polar surface area (TPSA) is 129 Å². The SMILES string of the molecule is COc1ccccc1N1CCN(C(=O)CC2OC(CNS(=O)(=O)c3ccc(Cl)cc3)C(O)C2O)CC1. The van der Waals surface area contributed by atoms with Gasteiger partial charge in [-0.05, 0) is 36.4 Å². The van der Waals surface area contributed by atoms with Crippen LogP contribution in [0.1, 0.15) is 6.42 Å². The Balaban J connectivity index is 1.29. The molecule has 4 atom stereocenters. The normalized spacial score (nSPS) is 24.7. The summed E-state index contributed by atoms with van der Waals surface area (Å²) in [5.74, 6) is 0.569. The molecule has 4 unspecified atom stereocenters.